The highest BCUT2D eigenvalue weighted by Crippen LogP contribution is 2.18. The molecular formula is C19H24ClN3O3S. The van der Waals surface area contributed by atoms with Crippen LogP contribution in [0.25, 0.3) is 0 Å². The quantitative estimate of drug-likeness (QED) is 0.681. The van der Waals surface area contributed by atoms with Gasteiger partial charge in [-0.15, -0.1) is 0 Å². The molecule has 0 heterocycles. The third-order valence-electron chi connectivity index (χ3n) is 4.17. The van der Waals surface area contributed by atoms with E-state index in [-0.39, 0.29) is 5.91 Å². The fourth-order valence-corrected chi connectivity index (χ4v) is 3.59. The van der Waals surface area contributed by atoms with Gasteiger partial charge in [0.15, 0.2) is 0 Å². The van der Waals surface area contributed by atoms with Crippen molar-refractivity contribution in [3.8, 4) is 0 Å². The van der Waals surface area contributed by atoms with Crippen molar-refractivity contribution in [3.63, 3.8) is 0 Å². The summed E-state index contributed by atoms with van der Waals surface area (Å²) < 4.78 is 26.6. The summed E-state index contributed by atoms with van der Waals surface area (Å²) in [5, 5.41) is 3.60. The Kier molecular flexibility index (Phi) is 7.24. The fourth-order valence-electron chi connectivity index (χ4n) is 2.48. The van der Waals surface area contributed by atoms with Crippen LogP contribution in [0, 0.1) is 0 Å². The number of halogens is 1. The number of rotatable bonds is 8. The molecule has 0 unspecified atom stereocenters. The standard InChI is InChI=1S/C19H24ClN3O3S/c1-22(2)27(25,26)23(3)17-12-10-16(11-13-17)19(24)21-14-6-8-15-7-4-5-9-18(15)20/h4-5,7,9-13H,6,8,14H2,1-3H3,(H,21,24). The van der Waals surface area contributed by atoms with Crippen molar-refractivity contribution in [2.75, 3.05) is 32.0 Å². The van der Waals surface area contributed by atoms with Gasteiger partial charge in [0.05, 0.1) is 5.69 Å². The van der Waals surface area contributed by atoms with E-state index in [2.05, 4.69) is 5.32 Å². The lowest BCUT2D eigenvalue weighted by atomic mass is 10.1. The van der Waals surface area contributed by atoms with E-state index in [1.165, 1.54) is 21.1 Å². The second-order valence-corrected chi connectivity index (χ2v) is 8.84. The number of amides is 1. The van der Waals surface area contributed by atoms with Gasteiger partial charge >= 0.3 is 10.2 Å². The number of anilines is 1. The summed E-state index contributed by atoms with van der Waals surface area (Å²) in [6.45, 7) is 0.528. The minimum atomic E-state index is -3.56. The van der Waals surface area contributed by atoms with Crippen LogP contribution in [-0.4, -0.2) is 46.3 Å². The molecule has 8 heteroatoms. The minimum Gasteiger partial charge on any atom is -0.352 e. The smallest absolute Gasteiger partial charge is 0.303 e. The zero-order valence-electron chi connectivity index (χ0n) is 15.6. The van der Waals surface area contributed by atoms with Gasteiger partial charge < -0.3 is 5.32 Å². The van der Waals surface area contributed by atoms with Gasteiger partial charge in [-0.2, -0.15) is 12.7 Å². The van der Waals surface area contributed by atoms with Crippen molar-refractivity contribution < 1.29 is 13.2 Å². The summed E-state index contributed by atoms with van der Waals surface area (Å²) in [4.78, 5) is 12.2. The molecule has 2 rings (SSSR count). The predicted octanol–water partition coefficient (Wildman–Crippen LogP) is 2.95. The van der Waals surface area contributed by atoms with Crippen molar-refractivity contribution in [2.24, 2.45) is 0 Å². The molecule has 0 aliphatic rings. The number of nitrogens with zero attached hydrogens (tertiary/aromatic N) is 2. The van der Waals surface area contributed by atoms with Crippen molar-refractivity contribution in [1.82, 2.24) is 9.62 Å². The number of nitrogens with one attached hydrogen (secondary N) is 1. The first kappa shape index (κ1) is 21.2. The van der Waals surface area contributed by atoms with Crippen LogP contribution < -0.4 is 9.62 Å². The van der Waals surface area contributed by atoms with Crippen LogP contribution in [-0.2, 0) is 16.6 Å². The Morgan fingerprint density at radius 3 is 2.26 bits per heavy atom. The SMILES string of the molecule is CN(C)S(=O)(=O)N(C)c1ccc(C(=O)NCCCc2ccccc2Cl)cc1. The van der Waals surface area contributed by atoms with Crippen LogP contribution in [0.1, 0.15) is 22.3 Å². The van der Waals surface area contributed by atoms with E-state index < -0.39 is 10.2 Å². The van der Waals surface area contributed by atoms with Gasteiger partial charge in [-0.25, -0.2) is 0 Å². The number of benzene rings is 2. The minimum absolute atomic E-state index is 0.196. The van der Waals surface area contributed by atoms with Crippen LogP contribution in [0.5, 0.6) is 0 Å². The second-order valence-electron chi connectivity index (χ2n) is 6.26. The highest BCUT2D eigenvalue weighted by atomic mass is 35.5. The zero-order chi connectivity index (χ0) is 20.0. The van der Waals surface area contributed by atoms with E-state index in [1.54, 1.807) is 24.3 Å². The van der Waals surface area contributed by atoms with Gasteiger partial charge in [0.1, 0.15) is 0 Å². The van der Waals surface area contributed by atoms with Crippen molar-refractivity contribution in [2.45, 2.75) is 12.8 Å². The topological polar surface area (TPSA) is 69.7 Å². The highest BCUT2D eigenvalue weighted by molar-refractivity contribution is 7.90. The van der Waals surface area contributed by atoms with Gasteiger partial charge in [-0.1, -0.05) is 29.8 Å². The van der Waals surface area contributed by atoms with Crippen LogP contribution >= 0.6 is 11.6 Å². The Bertz CT molecular complexity index is 883. The van der Waals surface area contributed by atoms with E-state index in [0.29, 0.717) is 17.8 Å². The molecule has 0 aliphatic carbocycles. The lowest BCUT2D eigenvalue weighted by molar-refractivity contribution is 0.0953. The zero-order valence-corrected chi connectivity index (χ0v) is 17.2. The maximum absolute atomic E-state index is 12.2. The molecule has 0 saturated heterocycles. The third kappa shape index (κ3) is 5.45. The summed E-state index contributed by atoms with van der Waals surface area (Å²) in [7, 11) is 0.853. The predicted molar refractivity (Wildman–Crippen MR) is 110 cm³/mol. The van der Waals surface area contributed by atoms with Crippen molar-refractivity contribution in [3.05, 3.63) is 64.7 Å². The maximum atomic E-state index is 12.2. The van der Waals surface area contributed by atoms with E-state index in [9.17, 15) is 13.2 Å². The Labute approximate surface area is 165 Å². The summed E-state index contributed by atoms with van der Waals surface area (Å²) in [6.07, 6.45) is 1.56. The first-order chi connectivity index (χ1) is 12.7. The Hall–Kier alpha value is -2.09. The number of aryl methyl sites for hydroxylation is 1. The van der Waals surface area contributed by atoms with E-state index >= 15 is 0 Å². The van der Waals surface area contributed by atoms with Crippen molar-refractivity contribution >= 4 is 33.4 Å². The molecule has 1 N–H and O–H groups in total. The maximum Gasteiger partial charge on any atom is 0.303 e. The lowest BCUT2D eigenvalue weighted by Gasteiger charge is -2.23. The van der Waals surface area contributed by atoms with E-state index in [0.717, 1.165) is 32.0 Å². The Morgan fingerprint density at radius 2 is 1.67 bits per heavy atom. The molecule has 0 bridgehead atoms. The second kappa shape index (κ2) is 9.21. The summed E-state index contributed by atoms with van der Waals surface area (Å²) >= 11 is 6.12. The molecule has 0 atom stereocenters. The highest BCUT2D eigenvalue weighted by Gasteiger charge is 2.21. The van der Waals surface area contributed by atoms with Crippen LogP contribution in [0.15, 0.2) is 48.5 Å². The third-order valence-corrected chi connectivity index (χ3v) is 6.36. The molecule has 0 aliphatic heterocycles. The normalized spacial score (nSPS) is 11.4. The molecule has 27 heavy (non-hydrogen) atoms. The molecular weight excluding hydrogens is 386 g/mol. The van der Waals surface area contributed by atoms with Crippen LogP contribution in [0.3, 0.4) is 0 Å². The van der Waals surface area contributed by atoms with E-state index in [1.807, 2.05) is 24.3 Å². The summed E-state index contributed by atoms with van der Waals surface area (Å²) in [6, 6.07) is 14.1. The molecule has 2 aromatic carbocycles. The van der Waals surface area contributed by atoms with Gasteiger partial charge in [0.25, 0.3) is 5.91 Å². The number of hydrogen-bond donors (Lipinski definition) is 1. The molecule has 0 spiro atoms. The monoisotopic (exact) mass is 409 g/mol. The molecule has 2 aromatic rings. The molecule has 1 amide bonds. The Balaban J connectivity index is 1.89. The fraction of sp³-hybridized carbons (Fsp3) is 0.316. The summed E-state index contributed by atoms with van der Waals surface area (Å²) in [5.41, 5.74) is 2.02. The largest absolute Gasteiger partial charge is 0.352 e. The lowest BCUT2D eigenvalue weighted by Crippen LogP contribution is -2.37. The van der Waals surface area contributed by atoms with Crippen molar-refractivity contribution in [1.29, 1.82) is 0 Å². The summed E-state index contributed by atoms with van der Waals surface area (Å²) in [5.74, 6) is -0.196. The van der Waals surface area contributed by atoms with Crippen LogP contribution in [0.4, 0.5) is 5.69 Å². The number of carbonyl (C=O) groups is 1. The van der Waals surface area contributed by atoms with Gasteiger partial charge in [0, 0.05) is 38.3 Å². The van der Waals surface area contributed by atoms with Crippen LogP contribution in [0.2, 0.25) is 5.02 Å². The first-order valence-electron chi connectivity index (χ1n) is 8.51. The Morgan fingerprint density at radius 1 is 1.04 bits per heavy atom. The van der Waals surface area contributed by atoms with Gasteiger partial charge in [0.2, 0.25) is 0 Å². The van der Waals surface area contributed by atoms with Gasteiger partial charge in [-0.05, 0) is 48.7 Å². The molecule has 6 nitrogen and oxygen atoms in total. The number of carbonyl (C=O) groups excluding carboxylic acids is 1. The average molecular weight is 410 g/mol. The molecule has 0 radical (unpaired) electrons. The van der Waals surface area contributed by atoms with E-state index in [4.69, 9.17) is 11.6 Å². The molecule has 0 fully saturated rings. The molecule has 0 saturated carbocycles. The number of hydrogen-bond acceptors (Lipinski definition) is 3. The molecule has 146 valence electrons. The first-order valence-corrected chi connectivity index (χ1v) is 10.3. The van der Waals surface area contributed by atoms with Gasteiger partial charge in [-0.3, -0.25) is 9.10 Å². The molecule has 0 aromatic heterocycles. The average Bonchev–Trinajstić information content (AvgIpc) is 2.65.